The predicted octanol–water partition coefficient (Wildman–Crippen LogP) is 3.00. The molecule has 0 bridgehead atoms. The van der Waals surface area contributed by atoms with Crippen LogP contribution in [0.15, 0.2) is 18.2 Å². The molecule has 2 amide bonds. The third kappa shape index (κ3) is 4.93. The summed E-state index contributed by atoms with van der Waals surface area (Å²) in [5, 5.41) is 3.09. The van der Waals surface area contributed by atoms with E-state index in [4.69, 9.17) is 9.47 Å². The summed E-state index contributed by atoms with van der Waals surface area (Å²) in [4.78, 5) is 27.3. The van der Waals surface area contributed by atoms with Gasteiger partial charge < -0.3 is 19.7 Å². The molecule has 1 heterocycles. The molecule has 1 saturated heterocycles. The second-order valence-corrected chi connectivity index (χ2v) is 7.51. The Morgan fingerprint density at radius 3 is 2.07 bits per heavy atom. The van der Waals surface area contributed by atoms with Gasteiger partial charge in [0.1, 0.15) is 11.5 Å². The van der Waals surface area contributed by atoms with E-state index in [1.54, 1.807) is 32.4 Å². The molecular formula is C21H30N2O4. The smallest absolute Gasteiger partial charge is 0.251 e. The zero-order valence-corrected chi connectivity index (χ0v) is 16.3. The van der Waals surface area contributed by atoms with Crippen LogP contribution in [0.2, 0.25) is 0 Å². The summed E-state index contributed by atoms with van der Waals surface area (Å²) in [6.45, 7) is 1.45. The van der Waals surface area contributed by atoms with Gasteiger partial charge in [-0.15, -0.1) is 0 Å². The Morgan fingerprint density at radius 1 is 0.926 bits per heavy atom. The summed E-state index contributed by atoms with van der Waals surface area (Å²) in [7, 11) is 3.13. The zero-order valence-electron chi connectivity index (χ0n) is 16.3. The Balaban J connectivity index is 1.53. The van der Waals surface area contributed by atoms with Crippen molar-refractivity contribution < 1.29 is 19.1 Å². The van der Waals surface area contributed by atoms with E-state index in [-0.39, 0.29) is 17.9 Å². The normalized spacial score (nSPS) is 18.8. The molecule has 1 aromatic carbocycles. The SMILES string of the molecule is COc1cc(OC)cc(C(=O)NC2CCN(C(=O)C3CCCCC3)CC2)c1. The van der Waals surface area contributed by atoms with E-state index in [0.29, 0.717) is 23.0 Å². The van der Waals surface area contributed by atoms with E-state index in [1.807, 2.05) is 4.90 Å². The third-order valence-electron chi connectivity index (χ3n) is 5.71. The molecule has 1 aliphatic heterocycles. The molecule has 27 heavy (non-hydrogen) atoms. The van der Waals surface area contributed by atoms with Gasteiger partial charge in [-0.2, -0.15) is 0 Å². The van der Waals surface area contributed by atoms with Gasteiger partial charge in [-0.25, -0.2) is 0 Å². The molecule has 1 saturated carbocycles. The van der Waals surface area contributed by atoms with E-state index in [0.717, 1.165) is 38.8 Å². The van der Waals surface area contributed by atoms with Gasteiger partial charge in [-0.05, 0) is 37.8 Å². The van der Waals surface area contributed by atoms with Gasteiger partial charge in [0.2, 0.25) is 5.91 Å². The molecule has 0 aromatic heterocycles. The number of ether oxygens (including phenoxy) is 2. The maximum absolute atomic E-state index is 12.7. The highest BCUT2D eigenvalue weighted by atomic mass is 16.5. The molecule has 6 heteroatoms. The van der Waals surface area contributed by atoms with Gasteiger partial charge in [-0.3, -0.25) is 9.59 Å². The molecule has 1 N–H and O–H groups in total. The molecule has 148 valence electrons. The van der Waals surface area contributed by atoms with E-state index >= 15 is 0 Å². The van der Waals surface area contributed by atoms with E-state index < -0.39 is 0 Å². The average molecular weight is 374 g/mol. The Bertz CT molecular complexity index is 640. The number of benzene rings is 1. The van der Waals surface area contributed by atoms with Crippen molar-refractivity contribution in [3.05, 3.63) is 23.8 Å². The van der Waals surface area contributed by atoms with Crippen molar-refractivity contribution in [2.45, 2.75) is 51.0 Å². The van der Waals surface area contributed by atoms with Gasteiger partial charge in [0.05, 0.1) is 14.2 Å². The fraction of sp³-hybridized carbons (Fsp3) is 0.619. The van der Waals surface area contributed by atoms with Crippen LogP contribution in [0.1, 0.15) is 55.3 Å². The van der Waals surface area contributed by atoms with E-state index in [9.17, 15) is 9.59 Å². The lowest BCUT2D eigenvalue weighted by molar-refractivity contribution is -0.137. The first-order chi connectivity index (χ1) is 13.1. The Hall–Kier alpha value is -2.24. The van der Waals surface area contributed by atoms with Crippen LogP contribution in [-0.4, -0.2) is 50.1 Å². The number of amides is 2. The zero-order chi connectivity index (χ0) is 19.2. The topological polar surface area (TPSA) is 67.9 Å². The van der Waals surface area contributed by atoms with Crippen molar-refractivity contribution in [1.29, 1.82) is 0 Å². The summed E-state index contributed by atoms with van der Waals surface area (Å²) in [6, 6.07) is 5.25. The number of hydrogen-bond donors (Lipinski definition) is 1. The number of piperidine rings is 1. The number of hydrogen-bond acceptors (Lipinski definition) is 4. The lowest BCUT2D eigenvalue weighted by Gasteiger charge is -2.35. The summed E-state index contributed by atoms with van der Waals surface area (Å²) in [5.74, 6) is 1.58. The monoisotopic (exact) mass is 374 g/mol. The molecule has 2 fully saturated rings. The van der Waals surface area contributed by atoms with E-state index in [1.165, 1.54) is 19.3 Å². The van der Waals surface area contributed by atoms with Crippen molar-refractivity contribution in [1.82, 2.24) is 10.2 Å². The first kappa shape index (κ1) is 19.5. The fourth-order valence-corrected chi connectivity index (χ4v) is 4.06. The van der Waals surface area contributed by atoms with Crippen LogP contribution in [-0.2, 0) is 4.79 Å². The molecule has 1 aromatic rings. The number of methoxy groups -OCH3 is 2. The molecule has 0 spiro atoms. The van der Waals surface area contributed by atoms with Crippen LogP contribution in [0, 0.1) is 5.92 Å². The number of rotatable bonds is 5. The molecular weight excluding hydrogens is 344 g/mol. The van der Waals surface area contributed by atoms with Gasteiger partial charge >= 0.3 is 0 Å². The van der Waals surface area contributed by atoms with E-state index in [2.05, 4.69) is 5.32 Å². The lowest BCUT2D eigenvalue weighted by Crippen LogP contribution is -2.48. The second-order valence-electron chi connectivity index (χ2n) is 7.51. The molecule has 0 unspecified atom stereocenters. The van der Waals surface area contributed by atoms with Crippen molar-refractivity contribution >= 4 is 11.8 Å². The average Bonchev–Trinajstić information content (AvgIpc) is 2.74. The summed E-state index contributed by atoms with van der Waals surface area (Å²) < 4.78 is 10.5. The molecule has 1 aliphatic carbocycles. The van der Waals surface area contributed by atoms with Crippen LogP contribution in [0.5, 0.6) is 11.5 Å². The first-order valence-electron chi connectivity index (χ1n) is 9.93. The maximum Gasteiger partial charge on any atom is 0.251 e. The minimum atomic E-state index is -0.135. The number of carbonyl (C=O) groups excluding carboxylic acids is 2. The quantitative estimate of drug-likeness (QED) is 0.860. The first-order valence-corrected chi connectivity index (χ1v) is 9.93. The third-order valence-corrected chi connectivity index (χ3v) is 5.71. The summed E-state index contributed by atoms with van der Waals surface area (Å²) in [6.07, 6.45) is 7.27. The summed E-state index contributed by atoms with van der Waals surface area (Å²) in [5.41, 5.74) is 0.520. The Kier molecular flexibility index (Phi) is 6.58. The van der Waals surface area contributed by atoms with Crippen LogP contribution in [0.3, 0.4) is 0 Å². The van der Waals surface area contributed by atoms with Crippen molar-refractivity contribution in [3.8, 4) is 11.5 Å². The maximum atomic E-state index is 12.7. The van der Waals surface area contributed by atoms with Crippen LogP contribution in [0.25, 0.3) is 0 Å². The van der Waals surface area contributed by atoms with Crippen molar-refractivity contribution in [2.24, 2.45) is 5.92 Å². The van der Waals surface area contributed by atoms with Gasteiger partial charge in [-0.1, -0.05) is 19.3 Å². The Morgan fingerprint density at radius 2 is 1.52 bits per heavy atom. The van der Waals surface area contributed by atoms with Gasteiger partial charge in [0.25, 0.3) is 5.91 Å². The lowest BCUT2D eigenvalue weighted by atomic mass is 9.87. The summed E-state index contributed by atoms with van der Waals surface area (Å²) >= 11 is 0. The largest absolute Gasteiger partial charge is 0.497 e. The molecule has 3 rings (SSSR count). The highest BCUT2D eigenvalue weighted by Crippen LogP contribution is 2.27. The number of likely N-dealkylation sites (tertiary alicyclic amines) is 1. The number of carbonyl (C=O) groups is 2. The predicted molar refractivity (Wildman–Crippen MR) is 103 cm³/mol. The molecule has 0 atom stereocenters. The van der Waals surface area contributed by atoms with Crippen molar-refractivity contribution in [3.63, 3.8) is 0 Å². The molecule has 2 aliphatic rings. The van der Waals surface area contributed by atoms with Crippen LogP contribution < -0.4 is 14.8 Å². The van der Waals surface area contributed by atoms with Gasteiger partial charge in [0.15, 0.2) is 0 Å². The minimum Gasteiger partial charge on any atom is -0.497 e. The van der Waals surface area contributed by atoms with Gasteiger partial charge in [0, 0.05) is 36.7 Å². The molecule has 6 nitrogen and oxygen atoms in total. The van der Waals surface area contributed by atoms with Crippen molar-refractivity contribution in [2.75, 3.05) is 27.3 Å². The highest BCUT2D eigenvalue weighted by molar-refractivity contribution is 5.95. The number of nitrogens with zero attached hydrogens (tertiary/aromatic N) is 1. The fourth-order valence-electron chi connectivity index (χ4n) is 4.06. The Labute approximate surface area is 161 Å². The number of nitrogens with one attached hydrogen (secondary N) is 1. The van der Waals surface area contributed by atoms with Crippen LogP contribution >= 0.6 is 0 Å². The van der Waals surface area contributed by atoms with Crippen LogP contribution in [0.4, 0.5) is 0 Å². The minimum absolute atomic E-state index is 0.0881. The molecule has 0 radical (unpaired) electrons. The standard InChI is InChI=1S/C21H30N2O4/c1-26-18-12-16(13-19(14-18)27-2)20(24)22-17-8-10-23(11-9-17)21(25)15-6-4-3-5-7-15/h12-15,17H,3-11H2,1-2H3,(H,22,24). The highest BCUT2D eigenvalue weighted by Gasteiger charge is 2.29. The second kappa shape index (κ2) is 9.11.